The van der Waals surface area contributed by atoms with Crippen molar-refractivity contribution in [1.29, 1.82) is 0 Å². The molecule has 1 heterocycles. The summed E-state index contributed by atoms with van der Waals surface area (Å²) < 4.78 is 37.8. The van der Waals surface area contributed by atoms with Gasteiger partial charge in [-0.05, 0) is 25.1 Å². The van der Waals surface area contributed by atoms with Crippen molar-refractivity contribution in [3.8, 4) is 0 Å². The van der Waals surface area contributed by atoms with Crippen LogP contribution in [0.15, 0.2) is 23.1 Å². The highest BCUT2D eigenvalue weighted by molar-refractivity contribution is 8.01. The number of thioether (sulfide) groups is 1. The van der Waals surface area contributed by atoms with Gasteiger partial charge in [0.15, 0.2) is 0 Å². The molecule has 0 spiro atoms. The third kappa shape index (κ3) is 3.69. The summed E-state index contributed by atoms with van der Waals surface area (Å²) in [7, 11) is 0. The normalized spacial score (nSPS) is 17.9. The van der Waals surface area contributed by atoms with Gasteiger partial charge in [-0.2, -0.15) is 13.2 Å². The minimum absolute atomic E-state index is 0.00912. The lowest BCUT2D eigenvalue weighted by molar-refractivity contribution is -0.137. The van der Waals surface area contributed by atoms with E-state index in [-0.39, 0.29) is 18.0 Å². The number of nitrogens with one attached hydrogen (secondary N) is 2. The summed E-state index contributed by atoms with van der Waals surface area (Å²) in [5, 5.41) is 4.38. The van der Waals surface area contributed by atoms with Gasteiger partial charge in [0.1, 0.15) is 0 Å². The number of benzene rings is 1. The van der Waals surface area contributed by atoms with Crippen LogP contribution in [-0.4, -0.2) is 23.6 Å². The van der Waals surface area contributed by atoms with E-state index in [1.165, 1.54) is 6.07 Å². The molecule has 0 unspecified atom stereocenters. The second kappa shape index (κ2) is 5.97. The van der Waals surface area contributed by atoms with Gasteiger partial charge in [0.05, 0.1) is 16.5 Å². The lowest BCUT2D eigenvalue weighted by Gasteiger charge is -2.24. The first kappa shape index (κ1) is 15.7. The maximum absolute atomic E-state index is 12.6. The predicted molar refractivity (Wildman–Crippen MR) is 73.0 cm³/mol. The molecule has 1 aromatic carbocycles. The van der Waals surface area contributed by atoms with E-state index < -0.39 is 22.9 Å². The first-order valence-corrected chi connectivity index (χ1v) is 7.14. The molecule has 1 aromatic rings. The Morgan fingerprint density at radius 3 is 2.76 bits per heavy atom. The fourth-order valence-corrected chi connectivity index (χ4v) is 2.99. The van der Waals surface area contributed by atoms with Crippen molar-refractivity contribution in [2.45, 2.75) is 29.7 Å². The molecule has 0 fully saturated rings. The molecule has 0 aromatic heterocycles. The van der Waals surface area contributed by atoms with Crippen molar-refractivity contribution >= 4 is 29.3 Å². The minimum Gasteiger partial charge on any atom is -0.356 e. The van der Waals surface area contributed by atoms with Crippen molar-refractivity contribution in [3.05, 3.63) is 23.8 Å². The highest BCUT2D eigenvalue weighted by Crippen LogP contribution is 2.40. The standard InChI is InChI=1S/C13H13F3N2O2S/c1-2-17-11(19)6-10-12(20)18-8-5-7(13(14,15)16)3-4-9(8)21-10/h3-5,10H,2,6H2,1H3,(H,17,19)(H,18,20)/t10-/m0/s1. The SMILES string of the molecule is CCNC(=O)C[C@@H]1Sc2ccc(C(F)(F)F)cc2NC1=O. The summed E-state index contributed by atoms with van der Waals surface area (Å²) in [4.78, 5) is 23.9. The van der Waals surface area contributed by atoms with Gasteiger partial charge in [-0.15, -0.1) is 11.8 Å². The summed E-state index contributed by atoms with van der Waals surface area (Å²) in [6.07, 6.45) is -4.47. The molecule has 0 radical (unpaired) electrons. The molecule has 0 saturated heterocycles. The summed E-state index contributed by atoms with van der Waals surface area (Å²) in [6.45, 7) is 2.23. The van der Waals surface area contributed by atoms with Gasteiger partial charge in [0.2, 0.25) is 11.8 Å². The maximum atomic E-state index is 12.6. The van der Waals surface area contributed by atoms with Crippen LogP contribution in [0.2, 0.25) is 0 Å². The monoisotopic (exact) mass is 318 g/mol. The average molecular weight is 318 g/mol. The van der Waals surface area contributed by atoms with E-state index in [0.29, 0.717) is 11.4 Å². The van der Waals surface area contributed by atoms with Crippen LogP contribution in [-0.2, 0) is 15.8 Å². The van der Waals surface area contributed by atoms with Gasteiger partial charge in [-0.3, -0.25) is 9.59 Å². The number of fused-ring (bicyclic) bond motifs is 1. The summed E-state index contributed by atoms with van der Waals surface area (Å²) in [5.74, 6) is -0.724. The second-order valence-electron chi connectivity index (χ2n) is 4.46. The second-order valence-corrected chi connectivity index (χ2v) is 5.71. The van der Waals surface area contributed by atoms with E-state index in [1.54, 1.807) is 6.92 Å². The lowest BCUT2D eigenvalue weighted by atomic mass is 10.1. The molecule has 21 heavy (non-hydrogen) atoms. The van der Waals surface area contributed by atoms with E-state index in [0.717, 1.165) is 23.9 Å². The van der Waals surface area contributed by atoms with Crippen molar-refractivity contribution in [2.24, 2.45) is 0 Å². The first-order valence-electron chi connectivity index (χ1n) is 6.26. The van der Waals surface area contributed by atoms with Crippen LogP contribution in [0.1, 0.15) is 18.9 Å². The van der Waals surface area contributed by atoms with Gasteiger partial charge in [-0.1, -0.05) is 0 Å². The van der Waals surface area contributed by atoms with E-state index >= 15 is 0 Å². The van der Waals surface area contributed by atoms with Crippen molar-refractivity contribution in [1.82, 2.24) is 5.32 Å². The van der Waals surface area contributed by atoms with Crippen LogP contribution in [0.4, 0.5) is 18.9 Å². The zero-order valence-corrected chi connectivity index (χ0v) is 11.9. The molecule has 2 rings (SSSR count). The zero-order chi connectivity index (χ0) is 15.6. The Morgan fingerprint density at radius 1 is 1.43 bits per heavy atom. The Labute approximate surface area is 123 Å². The van der Waals surface area contributed by atoms with Gasteiger partial charge >= 0.3 is 6.18 Å². The number of anilines is 1. The van der Waals surface area contributed by atoms with Crippen molar-refractivity contribution < 1.29 is 22.8 Å². The highest BCUT2D eigenvalue weighted by Gasteiger charge is 2.34. The van der Waals surface area contributed by atoms with E-state index in [4.69, 9.17) is 0 Å². The third-order valence-electron chi connectivity index (χ3n) is 2.87. The van der Waals surface area contributed by atoms with Crippen LogP contribution in [0.3, 0.4) is 0 Å². The topological polar surface area (TPSA) is 58.2 Å². The Morgan fingerprint density at radius 2 is 2.14 bits per heavy atom. The van der Waals surface area contributed by atoms with Crippen LogP contribution < -0.4 is 10.6 Å². The largest absolute Gasteiger partial charge is 0.416 e. The molecule has 0 aliphatic carbocycles. The van der Waals surface area contributed by atoms with E-state index in [9.17, 15) is 22.8 Å². The highest BCUT2D eigenvalue weighted by atomic mass is 32.2. The predicted octanol–water partition coefficient (Wildman–Crippen LogP) is 2.64. The number of rotatable bonds is 3. The van der Waals surface area contributed by atoms with Gasteiger partial charge in [-0.25, -0.2) is 0 Å². The molecular formula is C13H13F3N2O2S. The Bertz CT molecular complexity index is 575. The van der Waals surface area contributed by atoms with E-state index in [2.05, 4.69) is 10.6 Å². The first-order chi connectivity index (χ1) is 9.81. The van der Waals surface area contributed by atoms with Gasteiger partial charge < -0.3 is 10.6 Å². The fraction of sp³-hybridized carbons (Fsp3) is 0.385. The molecular weight excluding hydrogens is 305 g/mol. The number of carbonyl (C=O) groups is 2. The number of hydrogen-bond donors (Lipinski definition) is 2. The Kier molecular flexibility index (Phi) is 4.46. The Balaban J connectivity index is 2.17. The number of hydrogen-bond acceptors (Lipinski definition) is 3. The van der Waals surface area contributed by atoms with Crippen LogP contribution in [0.5, 0.6) is 0 Å². The molecule has 114 valence electrons. The smallest absolute Gasteiger partial charge is 0.356 e. The number of carbonyl (C=O) groups excluding carboxylic acids is 2. The number of alkyl halides is 3. The molecule has 2 N–H and O–H groups in total. The average Bonchev–Trinajstić information content (AvgIpc) is 2.38. The van der Waals surface area contributed by atoms with Gasteiger partial charge in [0, 0.05) is 17.9 Å². The Hall–Kier alpha value is -1.70. The molecule has 0 bridgehead atoms. The van der Waals surface area contributed by atoms with Crippen LogP contribution in [0, 0.1) is 0 Å². The van der Waals surface area contributed by atoms with Crippen LogP contribution >= 0.6 is 11.8 Å². The molecule has 2 amide bonds. The number of halogens is 3. The van der Waals surface area contributed by atoms with Crippen LogP contribution in [0.25, 0.3) is 0 Å². The summed E-state index contributed by atoms with van der Waals surface area (Å²) >= 11 is 1.10. The molecule has 1 atom stereocenters. The molecule has 4 nitrogen and oxygen atoms in total. The molecule has 0 saturated carbocycles. The summed E-state index contributed by atoms with van der Waals surface area (Å²) in [6, 6.07) is 3.18. The number of amides is 2. The quantitative estimate of drug-likeness (QED) is 0.901. The van der Waals surface area contributed by atoms with Crippen molar-refractivity contribution in [2.75, 3.05) is 11.9 Å². The zero-order valence-electron chi connectivity index (χ0n) is 11.1. The van der Waals surface area contributed by atoms with Crippen molar-refractivity contribution in [3.63, 3.8) is 0 Å². The molecule has 1 aliphatic rings. The minimum atomic E-state index is -4.46. The third-order valence-corrected chi connectivity index (χ3v) is 4.15. The summed E-state index contributed by atoms with van der Waals surface area (Å²) in [5.41, 5.74) is -0.684. The molecule has 8 heteroatoms. The molecule has 1 aliphatic heterocycles. The maximum Gasteiger partial charge on any atom is 0.416 e. The fourth-order valence-electron chi connectivity index (χ4n) is 1.90. The van der Waals surface area contributed by atoms with E-state index in [1.807, 2.05) is 0 Å². The van der Waals surface area contributed by atoms with Gasteiger partial charge in [0.25, 0.3) is 0 Å². The lowest BCUT2D eigenvalue weighted by Crippen LogP contribution is -2.34.